The van der Waals surface area contributed by atoms with Crippen molar-refractivity contribution in [3.05, 3.63) is 72.3 Å². The third kappa shape index (κ3) is 4.99. The lowest BCUT2D eigenvalue weighted by atomic mass is 9.98. The van der Waals surface area contributed by atoms with Crippen LogP contribution in [0.1, 0.15) is 30.9 Å². The van der Waals surface area contributed by atoms with Gasteiger partial charge in [0.05, 0.1) is 5.92 Å². The molecule has 0 spiro atoms. The highest BCUT2D eigenvalue weighted by atomic mass is 16.5. The Kier molecular flexibility index (Phi) is 7.30. The fourth-order valence-corrected chi connectivity index (χ4v) is 4.00. The predicted molar refractivity (Wildman–Crippen MR) is 121 cm³/mol. The molecule has 32 heavy (non-hydrogen) atoms. The van der Waals surface area contributed by atoms with Crippen LogP contribution in [0.3, 0.4) is 0 Å². The molecule has 1 aliphatic carbocycles. The number of nitrogens with zero attached hydrogens (tertiary/aromatic N) is 1. The smallest absolute Gasteiger partial charge is 0.407 e. The maximum atomic E-state index is 12.7. The van der Waals surface area contributed by atoms with Crippen LogP contribution in [0.15, 0.2) is 61.2 Å². The summed E-state index contributed by atoms with van der Waals surface area (Å²) < 4.78 is 5.53. The molecule has 2 N–H and O–H groups in total. The monoisotopic (exact) mass is 436 g/mol. The van der Waals surface area contributed by atoms with Crippen LogP contribution in [0.2, 0.25) is 0 Å². The zero-order valence-corrected chi connectivity index (χ0v) is 18.3. The summed E-state index contributed by atoms with van der Waals surface area (Å²) in [6.45, 7) is 6.77. The molecule has 2 unspecified atom stereocenters. The van der Waals surface area contributed by atoms with Crippen molar-refractivity contribution in [3.63, 3.8) is 0 Å². The molecule has 1 aliphatic rings. The van der Waals surface area contributed by atoms with Crippen molar-refractivity contribution in [1.29, 1.82) is 0 Å². The minimum atomic E-state index is -1.11. The second-order valence-corrected chi connectivity index (χ2v) is 7.95. The average Bonchev–Trinajstić information content (AvgIpc) is 3.10. The third-order valence-corrected chi connectivity index (χ3v) is 5.82. The molecule has 2 atom stereocenters. The minimum absolute atomic E-state index is 0.0545. The molecule has 0 saturated heterocycles. The van der Waals surface area contributed by atoms with Gasteiger partial charge < -0.3 is 20.1 Å². The van der Waals surface area contributed by atoms with Crippen molar-refractivity contribution in [2.24, 2.45) is 5.92 Å². The van der Waals surface area contributed by atoms with Crippen molar-refractivity contribution in [2.75, 3.05) is 19.7 Å². The fourth-order valence-electron chi connectivity index (χ4n) is 4.00. The molecule has 0 radical (unpaired) electrons. The minimum Gasteiger partial charge on any atom is -0.480 e. The number of carboxylic acids is 1. The Bertz CT molecular complexity index is 973. The standard InChI is InChI=1S/C25H28N2O5/c1-4-13-27(14-23(28)29)24(30)16(2)17(3)26-25(31)32-15-22-20-11-7-5-9-18(20)19-10-6-8-12-21(19)22/h4-12,16-17,22H,1,13-15H2,2-3H3,(H,26,31)(H,28,29). The first-order chi connectivity index (χ1) is 15.3. The van der Waals surface area contributed by atoms with E-state index in [4.69, 9.17) is 9.84 Å². The summed E-state index contributed by atoms with van der Waals surface area (Å²) >= 11 is 0. The quantitative estimate of drug-likeness (QED) is 0.585. The number of aliphatic carboxylic acids is 1. The van der Waals surface area contributed by atoms with Crippen molar-refractivity contribution >= 4 is 18.0 Å². The number of hydrogen-bond acceptors (Lipinski definition) is 4. The lowest BCUT2D eigenvalue weighted by Crippen LogP contribution is -2.47. The molecule has 0 heterocycles. The molecule has 0 saturated carbocycles. The van der Waals surface area contributed by atoms with E-state index in [2.05, 4.69) is 24.0 Å². The molecule has 7 nitrogen and oxygen atoms in total. The van der Waals surface area contributed by atoms with E-state index in [0.29, 0.717) is 0 Å². The molecule has 0 aromatic heterocycles. The van der Waals surface area contributed by atoms with Crippen molar-refractivity contribution in [1.82, 2.24) is 10.2 Å². The van der Waals surface area contributed by atoms with Gasteiger partial charge in [0.15, 0.2) is 0 Å². The van der Waals surface area contributed by atoms with Crippen LogP contribution >= 0.6 is 0 Å². The van der Waals surface area contributed by atoms with Gasteiger partial charge in [-0.25, -0.2) is 4.79 Å². The number of carboxylic acid groups (broad SMARTS) is 1. The molecule has 2 aromatic carbocycles. The molecule has 7 heteroatoms. The van der Waals surface area contributed by atoms with Gasteiger partial charge in [0.2, 0.25) is 5.91 Å². The lowest BCUT2D eigenvalue weighted by molar-refractivity contribution is -0.146. The summed E-state index contributed by atoms with van der Waals surface area (Å²) in [7, 11) is 0. The van der Waals surface area contributed by atoms with Gasteiger partial charge in [-0.3, -0.25) is 9.59 Å². The van der Waals surface area contributed by atoms with E-state index in [1.54, 1.807) is 13.8 Å². The zero-order valence-electron chi connectivity index (χ0n) is 18.3. The topological polar surface area (TPSA) is 95.9 Å². The van der Waals surface area contributed by atoms with E-state index in [1.165, 1.54) is 11.0 Å². The van der Waals surface area contributed by atoms with Crippen LogP contribution in [0.4, 0.5) is 4.79 Å². The van der Waals surface area contributed by atoms with Crippen molar-refractivity contribution < 1.29 is 24.2 Å². The van der Waals surface area contributed by atoms with Crippen LogP contribution in [0.5, 0.6) is 0 Å². The Morgan fingerprint density at radius 1 is 1.09 bits per heavy atom. The molecule has 3 rings (SSSR count). The number of ether oxygens (including phenoxy) is 1. The van der Waals surface area contributed by atoms with Gasteiger partial charge >= 0.3 is 12.1 Å². The molecular weight excluding hydrogens is 408 g/mol. The van der Waals surface area contributed by atoms with E-state index < -0.39 is 30.6 Å². The Morgan fingerprint density at radius 2 is 1.66 bits per heavy atom. The average molecular weight is 437 g/mol. The van der Waals surface area contributed by atoms with Gasteiger partial charge in [-0.1, -0.05) is 61.5 Å². The second kappa shape index (κ2) is 10.1. The lowest BCUT2D eigenvalue weighted by Gasteiger charge is -2.27. The number of carbonyl (C=O) groups excluding carboxylic acids is 2. The number of nitrogens with one attached hydrogen (secondary N) is 1. The first-order valence-corrected chi connectivity index (χ1v) is 10.6. The number of amides is 2. The van der Waals surface area contributed by atoms with Gasteiger partial charge in [0.1, 0.15) is 13.2 Å². The van der Waals surface area contributed by atoms with Gasteiger partial charge in [-0.15, -0.1) is 6.58 Å². The number of hydrogen-bond donors (Lipinski definition) is 2. The van der Waals surface area contributed by atoms with E-state index in [-0.39, 0.29) is 25.0 Å². The fraction of sp³-hybridized carbons (Fsp3) is 0.320. The van der Waals surface area contributed by atoms with E-state index in [1.807, 2.05) is 36.4 Å². The first-order valence-electron chi connectivity index (χ1n) is 10.6. The van der Waals surface area contributed by atoms with Crippen LogP contribution in [-0.4, -0.2) is 53.7 Å². The largest absolute Gasteiger partial charge is 0.480 e. The van der Waals surface area contributed by atoms with Gasteiger partial charge in [0, 0.05) is 18.5 Å². The third-order valence-electron chi connectivity index (χ3n) is 5.82. The maximum Gasteiger partial charge on any atom is 0.407 e. The normalized spacial score (nSPS) is 13.9. The number of rotatable bonds is 9. The number of benzene rings is 2. The molecule has 168 valence electrons. The number of carbonyl (C=O) groups is 3. The number of alkyl carbamates (subject to hydrolysis) is 1. The van der Waals surface area contributed by atoms with Crippen LogP contribution in [0.25, 0.3) is 11.1 Å². The Balaban J connectivity index is 1.60. The van der Waals surface area contributed by atoms with E-state index in [0.717, 1.165) is 22.3 Å². The SMILES string of the molecule is C=CCN(CC(=O)O)C(=O)C(C)C(C)NC(=O)OCC1c2ccccc2-c2ccccc21. The first kappa shape index (κ1) is 23.1. The van der Waals surface area contributed by atoms with Crippen molar-refractivity contribution in [3.8, 4) is 11.1 Å². The number of fused-ring (bicyclic) bond motifs is 3. The summed E-state index contributed by atoms with van der Waals surface area (Å²) in [6, 6.07) is 15.6. The molecule has 0 fully saturated rings. The highest BCUT2D eigenvalue weighted by molar-refractivity contribution is 5.84. The molecule has 2 aromatic rings. The second-order valence-electron chi connectivity index (χ2n) is 7.95. The summed E-state index contributed by atoms with van der Waals surface area (Å²) in [5.74, 6) is -2.17. The summed E-state index contributed by atoms with van der Waals surface area (Å²) in [4.78, 5) is 37.3. The Hall–Kier alpha value is -3.61. The maximum absolute atomic E-state index is 12.7. The zero-order chi connectivity index (χ0) is 23.3. The van der Waals surface area contributed by atoms with Gasteiger partial charge in [0.25, 0.3) is 0 Å². The molecule has 0 aliphatic heterocycles. The van der Waals surface area contributed by atoms with Crippen LogP contribution < -0.4 is 5.32 Å². The predicted octanol–water partition coefficient (Wildman–Crippen LogP) is 3.65. The van der Waals surface area contributed by atoms with Gasteiger partial charge in [-0.05, 0) is 29.2 Å². The molecule has 2 amide bonds. The van der Waals surface area contributed by atoms with Gasteiger partial charge in [-0.2, -0.15) is 0 Å². The summed E-state index contributed by atoms with van der Waals surface area (Å²) in [6.07, 6.45) is 0.851. The Morgan fingerprint density at radius 3 is 2.19 bits per heavy atom. The summed E-state index contributed by atoms with van der Waals surface area (Å²) in [5.41, 5.74) is 4.52. The Labute approximate surface area is 187 Å². The summed E-state index contributed by atoms with van der Waals surface area (Å²) in [5, 5.41) is 11.7. The van der Waals surface area contributed by atoms with Crippen molar-refractivity contribution in [2.45, 2.75) is 25.8 Å². The molecular formula is C25H28N2O5. The van der Waals surface area contributed by atoms with Crippen LogP contribution in [-0.2, 0) is 14.3 Å². The highest BCUT2D eigenvalue weighted by Gasteiger charge is 2.30. The highest BCUT2D eigenvalue weighted by Crippen LogP contribution is 2.44. The van der Waals surface area contributed by atoms with E-state index in [9.17, 15) is 14.4 Å². The van der Waals surface area contributed by atoms with E-state index >= 15 is 0 Å². The molecule has 0 bridgehead atoms. The van der Waals surface area contributed by atoms with Crippen LogP contribution in [0, 0.1) is 5.92 Å².